The first-order chi connectivity index (χ1) is 11.0. The Morgan fingerprint density at radius 1 is 0.542 bits per heavy atom. The smallest absolute Gasteiger partial charge is 0.166 e. The van der Waals surface area contributed by atoms with Gasteiger partial charge in [-0.3, -0.25) is 0 Å². The fourth-order valence-electron chi connectivity index (χ4n) is 2.05. The summed E-state index contributed by atoms with van der Waals surface area (Å²) in [4.78, 5) is -0.812. The molecule has 0 aromatic heterocycles. The molecule has 0 saturated carbocycles. The van der Waals surface area contributed by atoms with E-state index in [-0.39, 0.29) is 0 Å². The molecular formula is C16H10Br2F6. The maximum Gasteiger partial charge on any atom is 0.416 e. The zero-order valence-corrected chi connectivity index (χ0v) is 15.0. The Labute approximate surface area is 151 Å². The lowest BCUT2D eigenvalue weighted by molar-refractivity contribution is -0.138. The maximum absolute atomic E-state index is 12.6. The van der Waals surface area contributed by atoms with Crippen LogP contribution in [0.5, 0.6) is 0 Å². The van der Waals surface area contributed by atoms with Crippen molar-refractivity contribution in [3.05, 3.63) is 70.8 Å². The number of hydrogen-bond donors (Lipinski definition) is 0. The van der Waals surface area contributed by atoms with Crippen LogP contribution in [0.4, 0.5) is 26.3 Å². The Morgan fingerprint density at radius 2 is 0.792 bits per heavy atom. The summed E-state index contributed by atoms with van der Waals surface area (Å²) in [7, 11) is 0. The van der Waals surface area contributed by atoms with Crippen molar-refractivity contribution in [3.63, 3.8) is 0 Å². The van der Waals surface area contributed by atoms with E-state index in [1.54, 1.807) is 0 Å². The molecule has 0 fully saturated rings. The molecule has 0 nitrogen and oxygen atoms in total. The number of halogens is 8. The molecular weight excluding hydrogens is 466 g/mol. The minimum absolute atomic E-state index is 0.406. The summed E-state index contributed by atoms with van der Waals surface area (Å²) in [5, 5.41) is 0. The van der Waals surface area contributed by atoms with Crippen molar-refractivity contribution in [2.75, 3.05) is 0 Å². The summed E-state index contributed by atoms with van der Waals surface area (Å²) in [6.45, 7) is 0. The van der Waals surface area contributed by atoms with Crippen molar-refractivity contribution >= 4 is 31.9 Å². The average Bonchev–Trinajstić information content (AvgIpc) is 2.52. The molecule has 2 atom stereocenters. The first-order valence-corrected chi connectivity index (χ1v) is 8.46. The molecule has 0 saturated heterocycles. The van der Waals surface area contributed by atoms with Crippen LogP contribution in [0.15, 0.2) is 48.5 Å². The van der Waals surface area contributed by atoms with Gasteiger partial charge in [-0.05, 0) is 35.4 Å². The maximum atomic E-state index is 12.6. The van der Waals surface area contributed by atoms with Gasteiger partial charge < -0.3 is 0 Å². The van der Waals surface area contributed by atoms with Crippen LogP contribution in [0.25, 0.3) is 0 Å². The Balaban J connectivity index is 2.18. The summed E-state index contributed by atoms with van der Waals surface area (Å²) in [6, 6.07) is 9.21. The van der Waals surface area contributed by atoms with E-state index in [0.717, 1.165) is 24.3 Å². The van der Waals surface area contributed by atoms with E-state index >= 15 is 0 Å². The predicted octanol–water partition coefficient (Wildman–Crippen LogP) is 7.30. The van der Waals surface area contributed by atoms with Gasteiger partial charge in [0.25, 0.3) is 0 Å². The van der Waals surface area contributed by atoms with Gasteiger partial charge in [-0.2, -0.15) is 26.3 Å². The number of hydrogen-bond acceptors (Lipinski definition) is 0. The van der Waals surface area contributed by atoms with Gasteiger partial charge in [-0.15, -0.1) is 0 Å². The van der Waals surface area contributed by atoms with Crippen LogP contribution in [-0.2, 0) is 12.4 Å². The van der Waals surface area contributed by atoms with Crippen LogP contribution in [-0.4, -0.2) is 0 Å². The van der Waals surface area contributed by atoms with Crippen LogP contribution >= 0.6 is 31.9 Å². The molecule has 130 valence electrons. The van der Waals surface area contributed by atoms with Gasteiger partial charge in [0.15, 0.2) is 0 Å². The molecule has 0 aliphatic rings. The number of rotatable bonds is 3. The van der Waals surface area contributed by atoms with Crippen molar-refractivity contribution < 1.29 is 26.3 Å². The monoisotopic (exact) mass is 474 g/mol. The normalized spacial score (nSPS) is 15.2. The van der Waals surface area contributed by atoms with Crippen molar-refractivity contribution in [2.45, 2.75) is 22.0 Å². The van der Waals surface area contributed by atoms with Gasteiger partial charge in [0.2, 0.25) is 0 Å². The van der Waals surface area contributed by atoms with E-state index < -0.39 is 33.1 Å². The van der Waals surface area contributed by atoms with Gasteiger partial charge in [0.05, 0.1) is 20.8 Å². The minimum Gasteiger partial charge on any atom is -0.166 e. The highest BCUT2D eigenvalue weighted by Crippen LogP contribution is 2.43. The first kappa shape index (κ1) is 19.3. The van der Waals surface area contributed by atoms with E-state index in [0.29, 0.717) is 11.1 Å². The Morgan fingerprint density at radius 3 is 1.00 bits per heavy atom. The van der Waals surface area contributed by atoms with Gasteiger partial charge in [0.1, 0.15) is 0 Å². The highest BCUT2D eigenvalue weighted by atomic mass is 79.9. The molecule has 0 heterocycles. The van der Waals surface area contributed by atoms with Gasteiger partial charge in [-0.1, -0.05) is 56.1 Å². The lowest BCUT2D eigenvalue weighted by atomic mass is 10.0. The summed E-state index contributed by atoms with van der Waals surface area (Å²) < 4.78 is 75.4. The van der Waals surface area contributed by atoms with E-state index in [2.05, 4.69) is 31.9 Å². The Kier molecular flexibility index (Phi) is 5.69. The van der Waals surface area contributed by atoms with Crippen LogP contribution < -0.4 is 0 Å². The molecule has 0 unspecified atom stereocenters. The molecule has 0 bridgehead atoms. The lowest BCUT2D eigenvalue weighted by Gasteiger charge is -2.19. The van der Waals surface area contributed by atoms with Gasteiger partial charge in [-0.25, -0.2) is 0 Å². The second kappa shape index (κ2) is 7.07. The van der Waals surface area contributed by atoms with E-state index in [9.17, 15) is 26.3 Å². The second-order valence-corrected chi connectivity index (χ2v) is 7.02. The number of benzene rings is 2. The van der Waals surface area contributed by atoms with Crippen LogP contribution in [0.3, 0.4) is 0 Å². The molecule has 2 aromatic carbocycles. The largest absolute Gasteiger partial charge is 0.416 e. The molecule has 0 amide bonds. The fraction of sp³-hybridized carbons (Fsp3) is 0.250. The van der Waals surface area contributed by atoms with E-state index in [1.165, 1.54) is 24.3 Å². The van der Waals surface area contributed by atoms with Gasteiger partial charge in [0, 0.05) is 0 Å². The summed E-state index contributed by atoms with van der Waals surface area (Å²) >= 11 is 6.74. The molecule has 2 aromatic rings. The van der Waals surface area contributed by atoms with Crippen LogP contribution in [0.1, 0.15) is 31.9 Å². The minimum atomic E-state index is -4.42. The molecule has 0 N–H and O–H groups in total. The summed E-state index contributed by atoms with van der Waals surface area (Å²) in [5.74, 6) is 0. The van der Waals surface area contributed by atoms with Gasteiger partial charge >= 0.3 is 12.4 Å². The summed E-state index contributed by atoms with van der Waals surface area (Å²) in [6.07, 6.45) is -8.83. The fourth-order valence-corrected chi connectivity index (χ4v) is 3.27. The quantitative estimate of drug-likeness (QED) is 0.323. The molecule has 0 spiro atoms. The third-order valence-electron chi connectivity index (χ3n) is 3.37. The van der Waals surface area contributed by atoms with Crippen LogP contribution in [0.2, 0.25) is 0 Å². The van der Waals surface area contributed by atoms with E-state index in [4.69, 9.17) is 0 Å². The topological polar surface area (TPSA) is 0 Å². The predicted molar refractivity (Wildman–Crippen MR) is 86.2 cm³/mol. The third-order valence-corrected chi connectivity index (χ3v) is 6.19. The molecule has 8 heteroatoms. The molecule has 2 rings (SSSR count). The Hall–Kier alpha value is -1.02. The van der Waals surface area contributed by atoms with Crippen molar-refractivity contribution in [3.8, 4) is 0 Å². The number of alkyl halides is 8. The lowest BCUT2D eigenvalue weighted by Crippen LogP contribution is -2.07. The second-order valence-electron chi connectivity index (χ2n) is 5.04. The SMILES string of the molecule is FC(F)(F)c1ccc([C@@H](Br)[C@H](Br)c2ccc(C(F)(F)F)cc2)cc1. The molecule has 24 heavy (non-hydrogen) atoms. The van der Waals surface area contributed by atoms with E-state index in [1.807, 2.05) is 0 Å². The van der Waals surface area contributed by atoms with Crippen molar-refractivity contribution in [1.82, 2.24) is 0 Å². The van der Waals surface area contributed by atoms with Crippen molar-refractivity contribution in [1.29, 1.82) is 0 Å². The molecule has 0 aliphatic heterocycles. The highest BCUT2D eigenvalue weighted by molar-refractivity contribution is 9.12. The highest BCUT2D eigenvalue weighted by Gasteiger charge is 2.32. The Bertz CT molecular complexity index is 612. The standard InChI is InChI=1S/C16H10Br2F6/c17-13(9-1-5-11(6-2-9)15(19,20)21)14(18)10-3-7-12(8-4-10)16(22,23)24/h1-8,13-14H/t13-,14-/m1/s1. The van der Waals surface area contributed by atoms with Crippen molar-refractivity contribution in [2.24, 2.45) is 0 Å². The van der Waals surface area contributed by atoms with Crippen LogP contribution in [0, 0.1) is 0 Å². The zero-order valence-electron chi connectivity index (χ0n) is 11.8. The average molecular weight is 476 g/mol. The summed E-state index contributed by atoms with van der Waals surface area (Å²) in [5.41, 5.74) is -0.368. The first-order valence-electron chi connectivity index (χ1n) is 6.62. The zero-order chi connectivity index (χ0) is 18.1. The molecule has 0 aliphatic carbocycles. The third kappa shape index (κ3) is 4.53. The molecule has 0 radical (unpaired) electrons.